The van der Waals surface area contributed by atoms with Gasteiger partial charge in [-0.25, -0.2) is 0 Å². The van der Waals surface area contributed by atoms with Gasteiger partial charge in [0.25, 0.3) is 0 Å². The Balaban J connectivity index is 2.16. The molecule has 3 unspecified atom stereocenters. The Kier molecular flexibility index (Phi) is 3.19. The van der Waals surface area contributed by atoms with Crippen molar-refractivity contribution in [2.75, 3.05) is 20.8 Å². The molecule has 0 spiro atoms. The van der Waals surface area contributed by atoms with E-state index in [1.807, 2.05) is 0 Å². The molecule has 0 aromatic carbocycles. The van der Waals surface area contributed by atoms with E-state index in [0.29, 0.717) is 12.0 Å². The molecule has 0 radical (unpaired) electrons. The van der Waals surface area contributed by atoms with Crippen molar-refractivity contribution >= 4 is 0 Å². The van der Waals surface area contributed by atoms with Crippen molar-refractivity contribution in [3.63, 3.8) is 0 Å². The number of ether oxygens (including phenoxy) is 2. The van der Waals surface area contributed by atoms with Crippen molar-refractivity contribution in [1.82, 2.24) is 5.32 Å². The van der Waals surface area contributed by atoms with Crippen molar-refractivity contribution < 1.29 is 9.47 Å². The molecule has 0 aromatic heterocycles. The normalized spacial score (nSPS) is 36.1. The van der Waals surface area contributed by atoms with E-state index >= 15 is 0 Å². The van der Waals surface area contributed by atoms with Crippen molar-refractivity contribution in [3.05, 3.63) is 11.5 Å². The smallest absolute Gasteiger partial charge is 0.133 e. The first-order chi connectivity index (χ1) is 7.26. The van der Waals surface area contributed by atoms with Gasteiger partial charge < -0.3 is 14.8 Å². The molecule has 0 aromatic rings. The van der Waals surface area contributed by atoms with Crippen molar-refractivity contribution in [3.8, 4) is 0 Å². The average molecular weight is 211 g/mol. The summed E-state index contributed by atoms with van der Waals surface area (Å²) in [4.78, 5) is 0. The van der Waals surface area contributed by atoms with E-state index in [-0.39, 0.29) is 0 Å². The molecule has 86 valence electrons. The van der Waals surface area contributed by atoms with E-state index in [9.17, 15) is 0 Å². The third-order valence-electron chi connectivity index (χ3n) is 3.90. The van der Waals surface area contributed by atoms with Crippen LogP contribution in [-0.4, -0.2) is 26.8 Å². The van der Waals surface area contributed by atoms with Crippen LogP contribution in [0.1, 0.15) is 26.2 Å². The zero-order valence-corrected chi connectivity index (χ0v) is 9.88. The van der Waals surface area contributed by atoms with Crippen molar-refractivity contribution in [2.45, 2.75) is 32.2 Å². The fourth-order valence-corrected chi connectivity index (χ4v) is 2.94. The summed E-state index contributed by atoms with van der Waals surface area (Å²) in [7, 11) is 3.49. The molecule has 1 aliphatic carbocycles. The van der Waals surface area contributed by atoms with Gasteiger partial charge >= 0.3 is 0 Å². The number of hydrogen-bond acceptors (Lipinski definition) is 3. The van der Waals surface area contributed by atoms with Crippen LogP contribution >= 0.6 is 0 Å². The second-order valence-corrected chi connectivity index (χ2v) is 4.62. The van der Waals surface area contributed by atoms with E-state index in [4.69, 9.17) is 9.47 Å². The average Bonchev–Trinajstić information content (AvgIpc) is 2.28. The van der Waals surface area contributed by atoms with E-state index in [1.54, 1.807) is 14.2 Å². The zero-order chi connectivity index (χ0) is 10.8. The maximum Gasteiger partial charge on any atom is 0.133 e. The summed E-state index contributed by atoms with van der Waals surface area (Å²) in [5.41, 5.74) is 0. The molecule has 1 fully saturated rings. The molecule has 2 aliphatic rings. The summed E-state index contributed by atoms with van der Waals surface area (Å²) in [6.45, 7) is 3.42. The van der Waals surface area contributed by atoms with Gasteiger partial charge in [0.15, 0.2) is 0 Å². The minimum atomic E-state index is 0.604. The topological polar surface area (TPSA) is 30.5 Å². The van der Waals surface area contributed by atoms with Crippen molar-refractivity contribution in [2.24, 2.45) is 11.8 Å². The first kappa shape index (κ1) is 10.8. The van der Waals surface area contributed by atoms with Gasteiger partial charge in [-0.05, 0) is 31.7 Å². The summed E-state index contributed by atoms with van der Waals surface area (Å²) < 4.78 is 10.8. The minimum absolute atomic E-state index is 0.604. The van der Waals surface area contributed by atoms with E-state index in [2.05, 4.69) is 12.2 Å². The van der Waals surface area contributed by atoms with Crippen LogP contribution in [0.3, 0.4) is 0 Å². The lowest BCUT2D eigenvalue weighted by Crippen LogP contribution is -2.46. The van der Waals surface area contributed by atoms with Gasteiger partial charge in [-0.15, -0.1) is 0 Å². The first-order valence-corrected chi connectivity index (χ1v) is 5.79. The molecular formula is C12H21NO2. The molecule has 3 heteroatoms. The fraction of sp³-hybridized carbons (Fsp3) is 0.833. The standard InChI is InChI=1S/C12H21NO2/c1-8-10-7-12(15-3)11(14-2)6-9(10)4-5-13-8/h8-10,13H,4-7H2,1-3H3. The Bertz CT molecular complexity index is 262. The van der Waals surface area contributed by atoms with Gasteiger partial charge in [-0.2, -0.15) is 0 Å². The first-order valence-electron chi connectivity index (χ1n) is 5.79. The second kappa shape index (κ2) is 4.44. The van der Waals surface area contributed by atoms with Gasteiger partial charge in [-0.3, -0.25) is 0 Å². The van der Waals surface area contributed by atoms with E-state index in [0.717, 1.165) is 36.8 Å². The lowest BCUT2D eigenvalue weighted by molar-refractivity contribution is 0.102. The van der Waals surface area contributed by atoms with Crippen LogP contribution in [0.15, 0.2) is 11.5 Å². The third kappa shape index (κ3) is 1.98. The van der Waals surface area contributed by atoms with Crippen LogP contribution in [0.25, 0.3) is 0 Å². The zero-order valence-electron chi connectivity index (χ0n) is 9.88. The van der Waals surface area contributed by atoms with Gasteiger partial charge in [0.2, 0.25) is 0 Å². The van der Waals surface area contributed by atoms with Crippen LogP contribution in [0.2, 0.25) is 0 Å². The van der Waals surface area contributed by atoms with E-state index < -0.39 is 0 Å². The van der Waals surface area contributed by atoms with Gasteiger partial charge in [0.05, 0.1) is 14.2 Å². The highest BCUT2D eigenvalue weighted by Crippen LogP contribution is 2.40. The molecule has 1 heterocycles. The molecule has 15 heavy (non-hydrogen) atoms. The predicted octanol–water partition coefficient (Wildman–Crippen LogP) is 1.90. The Morgan fingerprint density at radius 3 is 2.47 bits per heavy atom. The van der Waals surface area contributed by atoms with E-state index in [1.165, 1.54) is 6.42 Å². The minimum Gasteiger partial charge on any atom is -0.498 e. The number of methoxy groups -OCH3 is 2. The Labute approximate surface area is 91.8 Å². The molecule has 0 saturated carbocycles. The number of hydrogen-bond donors (Lipinski definition) is 1. The molecule has 1 N–H and O–H groups in total. The van der Waals surface area contributed by atoms with Crippen LogP contribution in [0, 0.1) is 11.8 Å². The largest absolute Gasteiger partial charge is 0.498 e. The van der Waals surface area contributed by atoms with Crippen molar-refractivity contribution in [1.29, 1.82) is 0 Å². The summed E-state index contributed by atoms with van der Waals surface area (Å²) in [5, 5.41) is 3.54. The van der Waals surface area contributed by atoms with Crippen LogP contribution in [0.5, 0.6) is 0 Å². The number of nitrogens with one attached hydrogen (secondary N) is 1. The molecule has 0 amide bonds. The molecule has 3 nitrogen and oxygen atoms in total. The molecule has 1 saturated heterocycles. The highest BCUT2D eigenvalue weighted by Gasteiger charge is 2.36. The highest BCUT2D eigenvalue weighted by molar-refractivity contribution is 5.11. The summed E-state index contributed by atoms with van der Waals surface area (Å²) in [5.74, 6) is 3.60. The highest BCUT2D eigenvalue weighted by atomic mass is 16.5. The SMILES string of the molecule is COC1=C(OC)CC2C(CCNC2C)C1. The van der Waals surface area contributed by atoms with Crippen LogP contribution < -0.4 is 5.32 Å². The Morgan fingerprint density at radius 1 is 1.13 bits per heavy atom. The molecular weight excluding hydrogens is 190 g/mol. The maximum absolute atomic E-state index is 5.42. The second-order valence-electron chi connectivity index (χ2n) is 4.62. The lowest BCUT2D eigenvalue weighted by atomic mass is 9.73. The molecule has 1 aliphatic heterocycles. The lowest BCUT2D eigenvalue weighted by Gasteiger charge is -2.41. The van der Waals surface area contributed by atoms with Gasteiger partial charge in [0.1, 0.15) is 11.5 Å². The molecule has 2 rings (SSSR count). The maximum atomic E-state index is 5.42. The van der Waals surface area contributed by atoms with Crippen LogP contribution in [0.4, 0.5) is 0 Å². The number of allylic oxidation sites excluding steroid dienone is 2. The monoisotopic (exact) mass is 211 g/mol. The Morgan fingerprint density at radius 2 is 1.80 bits per heavy atom. The van der Waals surface area contributed by atoms with Gasteiger partial charge in [-0.1, -0.05) is 0 Å². The Hall–Kier alpha value is -0.700. The number of rotatable bonds is 2. The third-order valence-corrected chi connectivity index (χ3v) is 3.90. The predicted molar refractivity (Wildman–Crippen MR) is 59.3 cm³/mol. The molecule has 3 atom stereocenters. The van der Waals surface area contributed by atoms with Crippen LogP contribution in [-0.2, 0) is 9.47 Å². The summed E-state index contributed by atoms with van der Waals surface area (Å²) >= 11 is 0. The number of fused-ring (bicyclic) bond motifs is 1. The quantitative estimate of drug-likeness (QED) is 0.756. The van der Waals surface area contributed by atoms with Gasteiger partial charge in [0, 0.05) is 18.9 Å². The molecule has 0 bridgehead atoms. The number of piperidine rings is 1. The fourth-order valence-electron chi connectivity index (χ4n) is 2.94. The summed E-state index contributed by atoms with van der Waals surface area (Å²) in [6.07, 6.45) is 3.34. The summed E-state index contributed by atoms with van der Waals surface area (Å²) in [6, 6.07) is 0.604.